The highest BCUT2D eigenvalue weighted by atomic mass is 32.2. The standard InChI is InChI=1S/C39H44N4O6S/c1-3-36-37(29-44)49-43(38(36)39(45)40-24-12-26-42(2)32-16-6-4-7-17-32)28-31-14-10-13-30(27-31)15-11-25-41-50(46,47)35-22-20-34(21-23-35)48-33-18-8-5-9-19-33/h4-10,13-14,16-23,27,36-38,41,44H,3,12,24-26,28-29H2,1-2H3,(H,40,45)/t36?,37-,38-/m1/s1. The summed E-state index contributed by atoms with van der Waals surface area (Å²) < 4.78 is 33.9. The van der Waals surface area contributed by atoms with E-state index in [2.05, 4.69) is 38.9 Å². The van der Waals surface area contributed by atoms with Crippen LogP contribution in [0.15, 0.2) is 114 Å². The first kappa shape index (κ1) is 36.6. The van der Waals surface area contributed by atoms with Crippen molar-refractivity contribution in [1.82, 2.24) is 15.1 Å². The molecule has 1 amide bonds. The van der Waals surface area contributed by atoms with E-state index in [-0.39, 0.29) is 29.9 Å². The number of hydrogen-bond acceptors (Lipinski definition) is 8. The van der Waals surface area contributed by atoms with Gasteiger partial charge in [0.2, 0.25) is 15.9 Å². The van der Waals surface area contributed by atoms with Gasteiger partial charge in [-0.15, -0.1) is 0 Å². The lowest BCUT2D eigenvalue weighted by atomic mass is 9.91. The molecule has 1 aliphatic rings. The van der Waals surface area contributed by atoms with Crippen LogP contribution in [0, 0.1) is 17.8 Å². The summed E-state index contributed by atoms with van der Waals surface area (Å²) >= 11 is 0. The Labute approximate surface area is 295 Å². The molecule has 1 heterocycles. The molecule has 0 aliphatic carbocycles. The highest BCUT2D eigenvalue weighted by Crippen LogP contribution is 2.32. The third-order valence-electron chi connectivity index (χ3n) is 8.51. The molecule has 50 heavy (non-hydrogen) atoms. The summed E-state index contributed by atoms with van der Waals surface area (Å²) in [6.07, 6.45) is 0.963. The number of hydrogen-bond donors (Lipinski definition) is 3. The minimum atomic E-state index is -3.78. The summed E-state index contributed by atoms with van der Waals surface area (Å²) in [6, 6.07) is 32.5. The molecule has 0 saturated carbocycles. The van der Waals surface area contributed by atoms with Gasteiger partial charge < -0.3 is 20.1 Å². The highest BCUT2D eigenvalue weighted by molar-refractivity contribution is 7.89. The normalized spacial score (nSPS) is 17.5. The molecule has 262 valence electrons. The Morgan fingerprint density at radius 3 is 2.36 bits per heavy atom. The fourth-order valence-corrected chi connectivity index (χ4v) is 6.82. The average Bonchev–Trinajstić information content (AvgIpc) is 3.50. The monoisotopic (exact) mass is 696 g/mol. The van der Waals surface area contributed by atoms with Crippen molar-refractivity contribution in [3.8, 4) is 23.3 Å². The van der Waals surface area contributed by atoms with Crippen LogP contribution < -0.4 is 19.7 Å². The van der Waals surface area contributed by atoms with Gasteiger partial charge >= 0.3 is 0 Å². The Bertz CT molecular complexity index is 1850. The number of sulfonamides is 1. The number of benzene rings is 4. The lowest BCUT2D eigenvalue weighted by Crippen LogP contribution is -2.46. The van der Waals surface area contributed by atoms with Crippen LogP contribution >= 0.6 is 0 Å². The third-order valence-corrected chi connectivity index (χ3v) is 9.93. The maximum Gasteiger partial charge on any atom is 0.241 e. The van der Waals surface area contributed by atoms with Crippen molar-refractivity contribution in [2.45, 2.75) is 43.4 Å². The van der Waals surface area contributed by atoms with Crippen LogP contribution in [0.2, 0.25) is 0 Å². The zero-order chi connectivity index (χ0) is 35.3. The van der Waals surface area contributed by atoms with Crippen LogP contribution in [0.5, 0.6) is 11.5 Å². The maximum absolute atomic E-state index is 13.5. The molecule has 11 heteroatoms. The van der Waals surface area contributed by atoms with Gasteiger partial charge in [0, 0.05) is 37.3 Å². The number of amides is 1. The van der Waals surface area contributed by atoms with Gasteiger partial charge in [0.1, 0.15) is 23.6 Å². The molecule has 0 spiro atoms. The summed E-state index contributed by atoms with van der Waals surface area (Å²) in [5, 5.41) is 14.8. The van der Waals surface area contributed by atoms with Crippen LogP contribution in [-0.4, -0.2) is 69.9 Å². The fourth-order valence-electron chi connectivity index (χ4n) is 5.89. The van der Waals surface area contributed by atoms with E-state index in [0.29, 0.717) is 36.6 Å². The predicted octanol–water partition coefficient (Wildman–Crippen LogP) is 4.95. The third kappa shape index (κ3) is 9.94. The van der Waals surface area contributed by atoms with Crippen molar-refractivity contribution >= 4 is 21.6 Å². The number of carbonyl (C=O) groups excluding carboxylic acids is 1. The largest absolute Gasteiger partial charge is 0.457 e. The molecule has 1 aliphatic heterocycles. The molecule has 4 aromatic carbocycles. The van der Waals surface area contributed by atoms with Gasteiger partial charge in [-0.05, 0) is 79.1 Å². The maximum atomic E-state index is 13.5. The van der Waals surface area contributed by atoms with E-state index in [4.69, 9.17) is 9.57 Å². The number of nitrogens with zero attached hydrogens (tertiary/aromatic N) is 2. The predicted molar refractivity (Wildman–Crippen MR) is 194 cm³/mol. The summed E-state index contributed by atoms with van der Waals surface area (Å²) in [7, 11) is -1.75. The van der Waals surface area contributed by atoms with Crippen molar-refractivity contribution in [2.75, 3.05) is 38.2 Å². The van der Waals surface area contributed by atoms with E-state index in [1.807, 2.05) is 86.8 Å². The number of aliphatic hydroxyl groups excluding tert-OH is 1. The average molecular weight is 697 g/mol. The van der Waals surface area contributed by atoms with Gasteiger partial charge in [-0.1, -0.05) is 67.3 Å². The molecule has 3 N–H and O–H groups in total. The van der Waals surface area contributed by atoms with E-state index in [1.165, 1.54) is 12.1 Å². The molecular formula is C39H44N4O6S. The molecule has 10 nitrogen and oxygen atoms in total. The summed E-state index contributed by atoms with van der Waals surface area (Å²) in [5.41, 5.74) is 2.68. The van der Waals surface area contributed by atoms with Gasteiger partial charge in [-0.3, -0.25) is 9.63 Å². The molecule has 1 fully saturated rings. The number of nitrogens with one attached hydrogen (secondary N) is 2. The Hall–Kier alpha value is -4.70. The molecule has 4 aromatic rings. The van der Waals surface area contributed by atoms with Gasteiger partial charge in [0.25, 0.3) is 0 Å². The topological polar surface area (TPSA) is 120 Å². The smallest absolute Gasteiger partial charge is 0.241 e. The van der Waals surface area contributed by atoms with Gasteiger partial charge in [-0.2, -0.15) is 9.79 Å². The number of hydroxylamine groups is 2. The van der Waals surface area contributed by atoms with Crippen molar-refractivity contribution in [1.29, 1.82) is 0 Å². The summed E-state index contributed by atoms with van der Waals surface area (Å²) in [6.45, 7) is 3.35. The second-order valence-electron chi connectivity index (χ2n) is 12.0. The second-order valence-corrected chi connectivity index (χ2v) is 13.8. The molecule has 0 aromatic heterocycles. The van der Waals surface area contributed by atoms with Crippen molar-refractivity contribution in [2.24, 2.45) is 5.92 Å². The first-order valence-electron chi connectivity index (χ1n) is 16.8. The van der Waals surface area contributed by atoms with E-state index in [1.54, 1.807) is 17.2 Å². The first-order valence-corrected chi connectivity index (χ1v) is 18.2. The molecule has 5 rings (SSSR count). The minimum Gasteiger partial charge on any atom is -0.457 e. The summed E-state index contributed by atoms with van der Waals surface area (Å²) in [4.78, 5) is 21.9. The SMILES string of the molecule is CCC1[C@@H](CO)ON(Cc2cccc(C#CCNS(=O)(=O)c3ccc(Oc4ccccc4)cc3)c2)[C@H]1C(=O)NCCCN(C)c1ccccc1. The van der Waals surface area contributed by atoms with Gasteiger partial charge in [0.15, 0.2) is 0 Å². The minimum absolute atomic E-state index is 0.0796. The summed E-state index contributed by atoms with van der Waals surface area (Å²) in [5.74, 6) is 6.80. The first-order chi connectivity index (χ1) is 24.3. The lowest BCUT2D eigenvalue weighted by molar-refractivity contribution is -0.181. The van der Waals surface area contributed by atoms with Crippen LogP contribution in [0.3, 0.4) is 0 Å². The quantitative estimate of drug-likeness (QED) is 0.118. The lowest BCUT2D eigenvalue weighted by Gasteiger charge is -2.25. The van der Waals surface area contributed by atoms with Gasteiger partial charge in [0.05, 0.1) is 24.6 Å². The Balaban J connectivity index is 1.15. The molecule has 1 saturated heterocycles. The van der Waals surface area contributed by atoms with Crippen LogP contribution in [0.4, 0.5) is 5.69 Å². The Kier molecular flexibility index (Phi) is 13.0. The van der Waals surface area contributed by atoms with E-state index in [9.17, 15) is 18.3 Å². The number of anilines is 1. The van der Waals surface area contributed by atoms with E-state index >= 15 is 0 Å². The molecule has 3 atom stereocenters. The number of carbonyl (C=O) groups is 1. The van der Waals surface area contributed by atoms with E-state index in [0.717, 1.165) is 24.2 Å². The number of ether oxygens (including phenoxy) is 1. The molecule has 0 bridgehead atoms. The zero-order valence-corrected chi connectivity index (χ0v) is 29.2. The molecular weight excluding hydrogens is 653 g/mol. The Morgan fingerprint density at radius 2 is 1.66 bits per heavy atom. The zero-order valence-electron chi connectivity index (χ0n) is 28.4. The van der Waals surface area contributed by atoms with Crippen molar-refractivity contribution in [3.05, 3.63) is 120 Å². The molecule has 1 unspecified atom stereocenters. The number of rotatable bonds is 15. The van der Waals surface area contributed by atoms with Crippen LogP contribution in [-0.2, 0) is 26.2 Å². The fraction of sp³-hybridized carbons (Fsp3) is 0.308. The molecule has 0 radical (unpaired) electrons. The number of aliphatic hydroxyl groups is 1. The van der Waals surface area contributed by atoms with E-state index < -0.39 is 22.2 Å². The van der Waals surface area contributed by atoms with Crippen molar-refractivity contribution in [3.63, 3.8) is 0 Å². The highest BCUT2D eigenvalue weighted by Gasteiger charge is 2.45. The second kappa shape index (κ2) is 17.8. The Morgan fingerprint density at radius 1 is 0.960 bits per heavy atom. The van der Waals surface area contributed by atoms with Gasteiger partial charge in [-0.25, -0.2) is 8.42 Å². The van der Waals surface area contributed by atoms with Crippen LogP contribution in [0.25, 0.3) is 0 Å². The van der Waals surface area contributed by atoms with Crippen molar-refractivity contribution < 1.29 is 27.9 Å². The number of para-hydroxylation sites is 2. The van der Waals surface area contributed by atoms with Crippen LogP contribution in [0.1, 0.15) is 30.9 Å².